The van der Waals surface area contributed by atoms with Gasteiger partial charge in [0.15, 0.2) is 0 Å². The molecule has 0 bridgehead atoms. The summed E-state index contributed by atoms with van der Waals surface area (Å²) in [4.78, 5) is 14.1. The van der Waals surface area contributed by atoms with Gasteiger partial charge in [0.25, 0.3) is 5.91 Å². The third-order valence-corrected chi connectivity index (χ3v) is 4.17. The number of amides is 1. The molecule has 2 rings (SSSR count). The van der Waals surface area contributed by atoms with Gasteiger partial charge in [-0.25, -0.2) is 0 Å². The van der Waals surface area contributed by atoms with E-state index in [1.165, 1.54) is 6.07 Å². The first-order chi connectivity index (χ1) is 8.61. The van der Waals surface area contributed by atoms with Crippen LogP contribution in [0.4, 0.5) is 0 Å². The maximum absolute atomic E-state index is 12.2. The maximum atomic E-state index is 12.2. The molecule has 1 atom stereocenters. The number of carbonyl (C=O) groups excluding carboxylic acids is 1. The van der Waals surface area contributed by atoms with E-state index in [4.69, 9.17) is 11.6 Å². The summed E-state index contributed by atoms with van der Waals surface area (Å²) in [5.41, 5.74) is 0.530. The molecular formula is C13H15BrClNO2. The van der Waals surface area contributed by atoms with Crippen LogP contribution in [0.5, 0.6) is 5.75 Å². The largest absolute Gasteiger partial charge is 0.507 e. The Kier molecular flexibility index (Phi) is 4.51. The fourth-order valence-electron chi connectivity index (χ4n) is 2.24. The van der Waals surface area contributed by atoms with Gasteiger partial charge in [-0.3, -0.25) is 4.79 Å². The van der Waals surface area contributed by atoms with Crippen molar-refractivity contribution in [3.8, 4) is 5.75 Å². The van der Waals surface area contributed by atoms with E-state index in [-0.39, 0.29) is 11.7 Å². The van der Waals surface area contributed by atoms with Gasteiger partial charge in [0.05, 0.1) is 4.47 Å². The zero-order chi connectivity index (χ0) is 13.1. The van der Waals surface area contributed by atoms with E-state index in [0.717, 1.165) is 25.9 Å². The summed E-state index contributed by atoms with van der Waals surface area (Å²) in [6.45, 7) is 1.54. The van der Waals surface area contributed by atoms with E-state index in [0.29, 0.717) is 21.8 Å². The van der Waals surface area contributed by atoms with Gasteiger partial charge >= 0.3 is 0 Å². The first kappa shape index (κ1) is 13.7. The highest BCUT2D eigenvalue weighted by atomic mass is 79.9. The van der Waals surface area contributed by atoms with Crippen molar-refractivity contribution in [2.45, 2.75) is 12.8 Å². The monoisotopic (exact) mass is 331 g/mol. The molecule has 1 N–H and O–H groups in total. The molecule has 1 unspecified atom stereocenters. The number of halogens is 2. The Balaban J connectivity index is 2.05. The SMILES string of the molecule is O=C(c1ccc(Br)c(O)c1)N1CCC(CCCl)C1. The Morgan fingerprint density at radius 2 is 2.33 bits per heavy atom. The third kappa shape index (κ3) is 2.98. The van der Waals surface area contributed by atoms with Gasteiger partial charge < -0.3 is 10.0 Å². The molecule has 1 aliphatic heterocycles. The average Bonchev–Trinajstić information content (AvgIpc) is 2.81. The van der Waals surface area contributed by atoms with Crippen LogP contribution in [-0.4, -0.2) is 34.9 Å². The van der Waals surface area contributed by atoms with Crippen molar-refractivity contribution in [3.63, 3.8) is 0 Å². The average molecular weight is 333 g/mol. The summed E-state index contributed by atoms with van der Waals surface area (Å²) < 4.78 is 0.598. The molecule has 1 aromatic carbocycles. The number of nitrogens with zero attached hydrogens (tertiary/aromatic N) is 1. The lowest BCUT2D eigenvalue weighted by Crippen LogP contribution is -2.28. The molecule has 0 radical (unpaired) electrons. The number of likely N-dealkylation sites (tertiary alicyclic amines) is 1. The molecule has 3 nitrogen and oxygen atoms in total. The fourth-order valence-corrected chi connectivity index (χ4v) is 2.79. The summed E-state index contributed by atoms with van der Waals surface area (Å²) >= 11 is 8.92. The van der Waals surface area contributed by atoms with E-state index in [2.05, 4.69) is 15.9 Å². The van der Waals surface area contributed by atoms with Gasteiger partial charge in [0.1, 0.15) is 5.75 Å². The minimum atomic E-state index is -0.0186. The second kappa shape index (κ2) is 5.93. The van der Waals surface area contributed by atoms with Crippen molar-refractivity contribution in [1.82, 2.24) is 4.90 Å². The zero-order valence-corrected chi connectivity index (χ0v) is 12.2. The Bertz CT molecular complexity index is 453. The zero-order valence-electron chi connectivity index (χ0n) is 9.90. The van der Waals surface area contributed by atoms with Crippen LogP contribution in [0.1, 0.15) is 23.2 Å². The van der Waals surface area contributed by atoms with Crippen LogP contribution < -0.4 is 0 Å². The van der Waals surface area contributed by atoms with E-state index >= 15 is 0 Å². The van der Waals surface area contributed by atoms with Crippen LogP contribution in [0.25, 0.3) is 0 Å². The number of phenols is 1. The normalized spacial score (nSPS) is 19.2. The number of phenolic OH excluding ortho intramolecular Hbond substituents is 1. The summed E-state index contributed by atoms with van der Waals surface area (Å²) in [6, 6.07) is 4.91. The van der Waals surface area contributed by atoms with E-state index in [1.54, 1.807) is 12.1 Å². The summed E-state index contributed by atoms with van der Waals surface area (Å²) in [5.74, 6) is 1.23. The van der Waals surface area contributed by atoms with Crippen molar-refractivity contribution >= 4 is 33.4 Å². The highest BCUT2D eigenvalue weighted by Crippen LogP contribution is 2.27. The highest BCUT2D eigenvalue weighted by molar-refractivity contribution is 9.10. The maximum Gasteiger partial charge on any atom is 0.253 e. The molecule has 5 heteroatoms. The van der Waals surface area contributed by atoms with Crippen molar-refractivity contribution in [1.29, 1.82) is 0 Å². The molecule has 1 saturated heterocycles. The van der Waals surface area contributed by atoms with E-state index in [9.17, 15) is 9.90 Å². The lowest BCUT2D eigenvalue weighted by atomic mass is 10.1. The molecule has 1 aliphatic rings. The number of carbonyl (C=O) groups is 1. The highest BCUT2D eigenvalue weighted by Gasteiger charge is 2.26. The van der Waals surface area contributed by atoms with Gasteiger partial charge in [-0.1, -0.05) is 0 Å². The van der Waals surface area contributed by atoms with Crippen molar-refractivity contribution in [3.05, 3.63) is 28.2 Å². The van der Waals surface area contributed by atoms with Crippen molar-refractivity contribution in [2.24, 2.45) is 5.92 Å². The molecule has 18 heavy (non-hydrogen) atoms. The quantitative estimate of drug-likeness (QED) is 0.863. The molecule has 1 aromatic rings. The van der Waals surface area contributed by atoms with E-state index < -0.39 is 0 Å². The van der Waals surface area contributed by atoms with Crippen molar-refractivity contribution in [2.75, 3.05) is 19.0 Å². The first-order valence-corrected chi connectivity index (χ1v) is 7.28. The van der Waals surface area contributed by atoms with E-state index in [1.807, 2.05) is 4.90 Å². The second-order valence-corrected chi connectivity index (χ2v) is 5.78. The molecule has 0 spiro atoms. The molecule has 0 aromatic heterocycles. The number of alkyl halides is 1. The van der Waals surface area contributed by atoms with Crippen molar-refractivity contribution < 1.29 is 9.90 Å². The van der Waals surface area contributed by atoms with Crippen LogP contribution >= 0.6 is 27.5 Å². The molecule has 1 fully saturated rings. The standard InChI is InChI=1S/C13H15BrClNO2/c14-11-2-1-10(7-12(11)17)13(18)16-6-4-9(8-16)3-5-15/h1-2,7,9,17H,3-6,8H2. The molecule has 98 valence electrons. The first-order valence-electron chi connectivity index (χ1n) is 5.95. The smallest absolute Gasteiger partial charge is 0.253 e. The summed E-state index contributed by atoms with van der Waals surface area (Å²) in [7, 11) is 0. The molecule has 1 heterocycles. The van der Waals surface area contributed by atoms with Gasteiger partial charge in [-0.2, -0.15) is 0 Å². The van der Waals surface area contributed by atoms with Crippen LogP contribution in [0.15, 0.2) is 22.7 Å². The molecule has 0 aliphatic carbocycles. The minimum Gasteiger partial charge on any atom is -0.507 e. The number of rotatable bonds is 3. The third-order valence-electron chi connectivity index (χ3n) is 3.28. The van der Waals surface area contributed by atoms with Gasteiger partial charge in [0, 0.05) is 24.5 Å². The number of hydrogen-bond acceptors (Lipinski definition) is 2. The number of benzene rings is 1. The number of hydrogen-bond donors (Lipinski definition) is 1. The second-order valence-electron chi connectivity index (χ2n) is 4.55. The van der Waals surface area contributed by atoms with Crippen LogP contribution in [0.2, 0.25) is 0 Å². The van der Waals surface area contributed by atoms with Crippen LogP contribution in [0.3, 0.4) is 0 Å². The predicted molar refractivity (Wildman–Crippen MR) is 75.2 cm³/mol. The molecule has 0 saturated carbocycles. The van der Waals surface area contributed by atoms with Crippen LogP contribution in [-0.2, 0) is 0 Å². The lowest BCUT2D eigenvalue weighted by molar-refractivity contribution is 0.0786. The topological polar surface area (TPSA) is 40.5 Å². The summed E-state index contributed by atoms with van der Waals surface area (Å²) in [5, 5.41) is 9.59. The van der Waals surface area contributed by atoms with Gasteiger partial charge in [0.2, 0.25) is 0 Å². The Morgan fingerprint density at radius 1 is 1.56 bits per heavy atom. The van der Waals surface area contributed by atoms with Crippen LogP contribution in [0, 0.1) is 5.92 Å². The van der Waals surface area contributed by atoms with Gasteiger partial charge in [-0.15, -0.1) is 11.6 Å². The minimum absolute atomic E-state index is 0.0186. The van der Waals surface area contributed by atoms with Gasteiger partial charge in [-0.05, 0) is 52.9 Å². The Morgan fingerprint density at radius 3 is 3.00 bits per heavy atom. The summed E-state index contributed by atoms with van der Waals surface area (Å²) in [6.07, 6.45) is 1.97. The lowest BCUT2D eigenvalue weighted by Gasteiger charge is -2.16. The Labute approximate surface area is 120 Å². The molecular weight excluding hydrogens is 318 g/mol. The fraction of sp³-hybridized carbons (Fsp3) is 0.462. The number of aromatic hydroxyl groups is 1. The predicted octanol–water partition coefficient (Wildman–Crippen LogP) is 3.25. The Hall–Kier alpha value is -0.740. The molecule has 1 amide bonds.